The highest BCUT2D eigenvalue weighted by atomic mass is 16.5. The third-order valence-corrected chi connectivity index (χ3v) is 5.83. The van der Waals surface area contributed by atoms with Crippen molar-refractivity contribution in [3.05, 3.63) is 109 Å². The van der Waals surface area contributed by atoms with E-state index < -0.39 is 0 Å². The van der Waals surface area contributed by atoms with Crippen LogP contribution >= 0.6 is 0 Å². The summed E-state index contributed by atoms with van der Waals surface area (Å²) in [4.78, 5) is 21.5. The SMILES string of the molecule is Cc1cccc(-c2[nH]c(CNCc3cccc(Oc4cccnc4)c3)nc2-c2ccc3ncnn3c2)n1. The summed E-state index contributed by atoms with van der Waals surface area (Å²) in [5, 5.41) is 7.75. The fourth-order valence-corrected chi connectivity index (χ4v) is 4.13. The van der Waals surface area contributed by atoms with Gasteiger partial charge in [0.25, 0.3) is 0 Å². The van der Waals surface area contributed by atoms with E-state index in [0.717, 1.165) is 51.1 Å². The van der Waals surface area contributed by atoms with E-state index >= 15 is 0 Å². The first-order chi connectivity index (χ1) is 18.2. The highest BCUT2D eigenvalue weighted by Crippen LogP contribution is 2.29. The Morgan fingerprint density at radius 2 is 1.86 bits per heavy atom. The molecule has 0 spiro atoms. The Balaban J connectivity index is 1.22. The molecule has 5 aromatic heterocycles. The van der Waals surface area contributed by atoms with E-state index in [4.69, 9.17) is 14.7 Å². The van der Waals surface area contributed by atoms with Crippen LogP contribution in [0.25, 0.3) is 28.3 Å². The predicted molar refractivity (Wildman–Crippen MR) is 140 cm³/mol. The number of aromatic nitrogens is 7. The van der Waals surface area contributed by atoms with Crippen LogP contribution in [0.5, 0.6) is 11.5 Å². The molecule has 0 atom stereocenters. The Kier molecular flexibility index (Phi) is 6.10. The second-order valence-electron chi connectivity index (χ2n) is 8.59. The third kappa shape index (κ3) is 5.07. The lowest BCUT2D eigenvalue weighted by molar-refractivity contribution is 0.479. The quantitative estimate of drug-likeness (QED) is 0.312. The number of hydrogen-bond acceptors (Lipinski definition) is 7. The van der Waals surface area contributed by atoms with Gasteiger partial charge in [0.15, 0.2) is 5.65 Å². The van der Waals surface area contributed by atoms with Gasteiger partial charge in [-0.1, -0.05) is 18.2 Å². The summed E-state index contributed by atoms with van der Waals surface area (Å²) in [6.45, 7) is 3.19. The minimum atomic E-state index is 0.554. The van der Waals surface area contributed by atoms with Gasteiger partial charge in [-0.2, -0.15) is 5.10 Å². The van der Waals surface area contributed by atoms with Gasteiger partial charge >= 0.3 is 0 Å². The summed E-state index contributed by atoms with van der Waals surface area (Å²) in [6, 6.07) is 21.6. The Hall–Kier alpha value is -4.89. The van der Waals surface area contributed by atoms with Crippen molar-refractivity contribution in [3.8, 4) is 34.1 Å². The van der Waals surface area contributed by atoms with E-state index in [1.165, 1.54) is 0 Å². The topological polar surface area (TPSA) is 106 Å². The van der Waals surface area contributed by atoms with Crippen LogP contribution in [-0.2, 0) is 13.1 Å². The fourth-order valence-electron chi connectivity index (χ4n) is 4.13. The Morgan fingerprint density at radius 3 is 2.76 bits per heavy atom. The molecule has 0 unspecified atom stereocenters. The zero-order valence-electron chi connectivity index (χ0n) is 20.2. The van der Waals surface area contributed by atoms with E-state index in [0.29, 0.717) is 18.8 Å². The average molecular weight is 489 g/mol. The lowest BCUT2D eigenvalue weighted by atomic mass is 10.1. The summed E-state index contributed by atoms with van der Waals surface area (Å²) in [7, 11) is 0. The monoisotopic (exact) mass is 488 g/mol. The van der Waals surface area contributed by atoms with Crippen LogP contribution in [0.15, 0.2) is 91.6 Å². The Labute approximate surface area is 213 Å². The number of ether oxygens (including phenoxy) is 1. The molecule has 1 aromatic carbocycles. The lowest BCUT2D eigenvalue weighted by Crippen LogP contribution is -2.13. The van der Waals surface area contributed by atoms with Gasteiger partial charge in [0.2, 0.25) is 0 Å². The molecule has 0 aliphatic rings. The number of imidazole rings is 1. The maximum absolute atomic E-state index is 5.91. The summed E-state index contributed by atoms with van der Waals surface area (Å²) < 4.78 is 7.65. The molecule has 6 aromatic rings. The van der Waals surface area contributed by atoms with E-state index in [1.54, 1.807) is 23.2 Å². The molecule has 2 N–H and O–H groups in total. The lowest BCUT2D eigenvalue weighted by Gasteiger charge is -2.08. The smallest absolute Gasteiger partial charge is 0.155 e. The van der Waals surface area contributed by atoms with Crippen molar-refractivity contribution in [2.75, 3.05) is 0 Å². The number of hydrogen-bond donors (Lipinski definition) is 2. The van der Waals surface area contributed by atoms with Gasteiger partial charge in [-0.15, -0.1) is 0 Å². The second kappa shape index (κ2) is 10.00. The van der Waals surface area contributed by atoms with E-state index in [9.17, 15) is 0 Å². The van der Waals surface area contributed by atoms with Crippen LogP contribution in [0.1, 0.15) is 17.1 Å². The van der Waals surface area contributed by atoms with Gasteiger partial charge in [-0.05, 0) is 61.0 Å². The van der Waals surface area contributed by atoms with Crippen LogP contribution in [0.2, 0.25) is 0 Å². The Bertz CT molecular complexity index is 1660. The van der Waals surface area contributed by atoms with Gasteiger partial charge in [0, 0.05) is 30.2 Å². The van der Waals surface area contributed by atoms with E-state index in [2.05, 4.69) is 31.4 Å². The van der Waals surface area contributed by atoms with Crippen LogP contribution in [0.3, 0.4) is 0 Å². The molecule has 0 fully saturated rings. The molecule has 0 saturated carbocycles. The van der Waals surface area contributed by atoms with Crippen molar-refractivity contribution in [1.82, 2.24) is 39.9 Å². The van der Waals surface area contributed by atoms with Gasteiger partial charge in [-0.3, -0.25) is 9.97 Å². The number of H-pyrrole nitrogens is 1. The molecule has 5 heterocycles. The van der Waals surface area contributed by atoms with Gasteiger partial charge in [-0.25, -0.2) is 14.5 Å². The fraction of sp³-hybridized carbons (Fsp3) is 0.107. The Morgan fingerprint density at radius 1 is 0.946 bits per heavy atom. The summed E-state index contributed by atoms with van der Waals surface area (Å²) in [6.07, 6.45) is 6.89. The molecular formula is C28H24N8O. The molecule has 0 amide bonds. The van der Waals surface area contributed by atoms with E-state index in [1.807, 2.05) is 73.8 Å². The minimum absolute atomic E-state index is 0.554. The summed E-state index contributed by atoms with van der Waals surface area (Å²) in [5.74, 6) is 2.29. The molecule has 0 bridgehead atoms. The number of pyridine rings is 3. The summed E-state index contributed by atoms with van der Waals surface area (Å²) in [5.41, 5.74) is 6.28. The van der Waals surface area contributed by atoms with Crippen molar-refractivity contribution < 1.29 is 4.74 Å². The first kappa shape index (κ1) is 22.6. The highest BCUT2D eigenvalue weighted by molar-refractivity contribution is 5.77. The van der Waals surface area contributed by atoms with Crippen molar-refractivity contribution >= 4 is 5.65 Å². The maximum atomic E-state index is 5.91. The molecule has 37 heavy (non-hydrogen) atoms. The number of benzene rings is 1. The minimum Gasteiger partial charge on any atom is -0.456 e. The molecule has 0 aliphatic carbocycles. The largest absolute Gasteiger partial charge is 0.456 e. The van der Waals surface area contributed by atoms with Crippen LogP contribution in [0.4, 0.5) is 0 Å². The molecular weight excluding hydrogens is 464 g/mol. The second-order valence-corrected chi connectivity index (χ2v) is 8.59. The van der Waals surface area contributed by atoms with Gasteiger partial charge in [0.05, 0.1) is 29.8 Å². The number of nitrogens with zero attached hydrogens (tertiary/aromatic N) is 6. The third-order valence-electron chi connectivity index (χ3n) is 5.83. The number of fused-ring (bicyclic) bond motifs is 1. The van der Waals surface area contributed by atoms with Crippen molar-refractivity contribution in [1.29, 1.82) is 0 Å². The molecule has 6 rings (SSSR count). The van der Waals surface area contributed by atoms with Crippen LogP contribution < -0.4 is 10.1 Å². The zero-order chi connectivity index (χ0) is 25.0. The number of rotatable bonds is 8. The molecule has 182 valence electrons. The number of nitrogens with one attached hydrogen (secondary N) is 2. The maximum Gasteiger partial charge on any atom is 0.155 e. The molecule has 9 nitrogen and oxygen atoms in total. The van der Waals surface area contributed by atoms with Gasteiger partial charge < -0.3 is 15.0 Å². The molecule has 0 radical (unpaired) electrons. The van der Waals surface area contributed by atoms with Crippen LogP contribution in [0, 0.1) is 6.92 Å². The van der Waals surface area contributed by atoms with Crippen LogP contribution in [-0.4, -0.2) is 34.5 Å². The van der Waals surface area contributed by atoms with Crippen molar-refractivity contribution in [3.63, 3.8) is 0 Å². The first-order valence-electron chi connectivity index (χ1n) is 11.9. The van der Waals surface area contributed by atoms with Crippen molar-refractivity contribution in [2.45, 2.75) is 20.0 Å². The number of aromatic amines is 1. The molecule has 0 aliphatic heterocycles. The first-order valence-corrected chi connectivity index (χ1v) is 11.9. The highest BCUT2D eigenvalue weighted by Gasteiger charge is 2.16. The standard InChI is InChI=1S/C28H24N8O/c1-19-5-2-9-24(33-19)28-27(21-10-11-26-31-18-32-36(26)17-21)34-25(35-28)16-30-14-20-6-3-7-22(13-20)37-23-8-4-12-29-15-23/h2-13,15,17-18,30H,14,16H2,1H3,(H,34,35). The normalized spacial score (nSPS) is 11.2. The van der Waals surface area contributed by atoms with Gasteiger partial charge in [0.1, 0.15) is 23.7 Å². The summed E-state index contributed by atoms with van der Waals surface area (Å²) >= 11 is 0. The predicted octanol–water partition coefficient (Wildman–Crippen LogP) is 4.97. The zero-order valence-corrected chi connectivity index (χ0v) is 20.2. The molecule has 9 heteroatoms. The van der Waals surface area contributed by atoms with Crippen molar-refractivity contribution in [2.24, 2.45) is 0 Å². The molecule has 0 saturated heterocycles. The average Bonchev–Trinajstić information content (AvgIpc) is 3.56. The number of aryl methyl sites for hydroxylation is 1. The van der Waals surface area contributed by atoms with E-state index in [-0.39, 0.29) is 0 Å².